The second-order valence-corrected chi connectivity index (χ2v) is 6.13. The van der Waals surface area contributed by atoms with Gasteiger partial charge in [0.05, 0.1) is 13.0 Å². The van der Waals surface area contributed by atoms with Crippen LogP contribution >= 0.6 is 0 Å². The lowest BCUT2D eigenvalue weighted by atomic mass is 9.96. The zero-order chi connectivity index (χ0) is 20.0. The van der Waals surface area contributed by atoms with Gasteiger partial charge in [-0.05, 0) is 44.0 Å². The molecule has 9 heteroatoms. The van der Waals surface area contributed by atoms with Gasteiger partial charge in [0.2, 0.25) is 0 Å². The summed E-state index contributed by atoms with van der Waals surface area (Å²) in [4.78, 5) is 48.8. The Morgan fingerprint density at radius 3 is 2.30 bits per heavy atom. The van der Waals surface area contributed by atoms with Crippen molar-refractivity contribution in [1.29, 1.82) is 0 Å². The number of methoxy groups -OCH3 is 1. The van der Waals surface area contributed by atoms with E-state index in [2.05, 4.69) is 4.74 Å². The molecule has 1 aromatic rings. The van der Waals surface area contributed by atoms with Gasteiger partial charge in [-0.15, -0.1) is 0 Å². The Kier molecular flexibility index (Phi) is 6.86. The predicted molar refractivity (Wildman–Crippen MR) is 91.1 cm³/mol. The number of benzene rings is 1. The van der Waals surface area contributed by atoms with Crippen LogP contribution in [0.2, 0.25) is 0 Å². The van der Waals surface area contributed by atoms with Gasteiger partial charge in [-0.25, -0.2) is 9.18 Å². The molecule has 1 aromatic carbocycles. The van der Waals surface area contributed by atoms with Gasteiger partial charge in [-0.2, -0.15) is 0 Å². The third kappa shape index (κ3) is 5.50. The van der Waals surface area contributed by atoms with Crippen molar-refractivity contribution >= 4 is 23.9 Å². The lowest BCUT2D eigenvalue weighted by molar-refractivity contribution is -0.159. The number of likely N-dealkylation sites (tertiary alicyclic amines) is 1. The summed E-state index contributed by atoms with van der Waals surface area (Å²) >= 11 is 0. The number of nitrogens with zero attached hydrogens (tertiary/aromatic N) is 1. The first-order valence-corrected chi connectivity index (χ1v) is 8.46. The minimum Gasteiger partial charge on any atom is -0.453 e. The maximum absolute atomic E-state index is 13.0. The second-order valence-electron chi connectivity index (χ2n) is 6.13. The predicted octanol–water partition coefficient (Wildman–Crippen LogP) is 1.49. The Morgan fingerprint density at radius 1 is 1.15 bits per heavy atom. The summed E-state index contributed by atoms with van der Waals surface area (Å²) in [6, 6.07) is 5.27. The zero-order valence-corrected chi connectivity index (χ0v) is 15.1. The van der Waals surface area contributed by atoms with Crippen LogP contribution in [0.15, 0.2) is 24.3 Å². The number of rotatable bonds is 4. The highest BCUT2D eigenvalue weighted by atomic mass is 19.1. The summed E-state index contributed by atoms with van der Waals surface area (Å²) in [6.07, 6.45) is -1.31. The average Bonchev–Trinajstić information content (AvgIpc) is 2.67. The van der Waals surface area contributed by atoms with Crippen LogP contribution in [0.3, 0.4) is 0 Å². The van der Waals surface area contributed by atoms with E-state index in [-0.39, 0.29) is 5.91 Å². The van der Waals surface area contributed by atoms with Crippen LogP contribution in [0.4, 0.5) is 9.18 Å². The molecule has 27 heavy (non-hydrogen) atoms. The van der Waals surface area contributed by atoms with E-state index in [1.807, 2.05) is 5.32 Å². The van der Waals surface area contributed by atoms with E-state index in [4.69, 9.17) is 4.74 Å². The monoisotopic (exact) mass is 380 g/mol. The third-order valence-electron chi connectivity index (χ3n) is 4.28. The molecule has 0 spiro atoms. The number of piperidine rings is 1. The number of carbonyl (C=O) groups is 4. The summed E-state index contributed by atoms with van der Waals surface area (Å²) in [6.45, 7) is 2.04. The van der Waals surface area contributed by atoms with Crippen molar-refractivity contribution in [3.63, 3.8) is 0 Å². The molecular weight excluding hydrogens is 359 g/mol. The Hall–Kier alpha value is -2.97. The topological polar surface area (TPSA) is 102 Å². The third-order valence-corrected chi connectivity index (χ3v) is 4.28. The van der Waals surface area contributed by atoms with Gasteiger partial charge >= 0.3 is 12.1 Å². The van der Waals surface area contributed by atoms with Crippen molar-refractivity contribution in [3.8, 4) is 0 Å². The van der Waals surface area contributed by atoms with Crippen LogP contribution in [-0.2, 0) is 19.1 Å². The molecule has 1 atom stereocenters. The van der Waals surface area contributed by atoms with Gasteiger partial charge in [-0.3, -0.25) is 19.7 Å². The smallest absolute Gasteiger partial charge is 0.413 e. The standard InChI is InChI=1S/C18H21FN2O6/c1-11(15(22)20-18(25)26-2)27-17(24)13-7-9-21(10-8-13)16(23)12-3-5-14(19)6-4-12/h3-6,11,13H,7-10H2,1-2H3,(H,20,22,25)/t11-/m1/s1. The van der Waals surface area contributed by atoms with Crippen molar-refractivity contribution < 1.29 is 33.0 Å². The maximum atomic E-state index is 13.0. The number of imide groups is 1. The summed E-state index contributed by atoms with van der Waals surface area (Å²) < 4.78 is 22.3. The van der Waals surface area contributed by atoms with E-state index < -0.39 is 35.8 Å². The number of hydrogen-bond acceptors (Lipinski definition) is 6. The first-order valence-electron chi connectivity index (χ1n) is 8.46. The largest absolute Gasteiger partial charge is 0.453 e. The van der Waals surface area contributed by atoms with Gasteiger partial charge in [0.25, 0.3) is 11.8 Å². The minimum atomic E-state index is -1.14. The fraction of sp³-hybridized carbons (Fsp3) is 0.444. The molecule has 0 aliphatic carbocycles. The highest BCUT2D eigenvalue weighted by molar-refractivity contribution is 5.95. The van der Waals surface area contributed by atoms with Gasteiger partial charge in [0, 0.05) is 18.7 Å². The molecule has 0 radical (unpaired) electrons. The Balaban J connectivity index is 1.83. The van der Waals surface area contributed by atoms with E-state index >= 15 is 0 Å². The fourth-order valence-electron chi connectivity index (χ4n) is 2.67. The van der Waals surface area contributed by atoms with Gasteiger partial charge in [0.1, 0.15) is 5.82 Å². The molecule has 8 nitrogen and oxygen atoms in total. The van der Waals surface area contributed by atoms with E-state index in [0.29, 0.717) is 31.5 Å². The molecule has 0 saturated carbocycles. The van der Waals surface area contributed by atoms with Crippen molar-refractivity contribution in [1.82, 2.24) is 10.2 Å². The molecule has 1 N–H and O–H groups in total. The first-order chi connectivity index (χ1) is 12.8. The number of amides is 3. The maximum Gasteiger partial charge on any atom is 0.413 e. The number of halogens is 1. The normalized spacial score (nSPS) is 15.6. The summed E-state index contributed by atoms with van der Waals surface area (Å²) in [5.74, 6) is -2.43. The quantitative estimate of drug-likeness (QED) is 0.794. The molecule has 0 aromatic heterocycles. The summed E-state index contributed by atoms with van der Waals surface area (Å²) in [7, 11) is 1.11. The number of carbonyl (C=O) groups excluding carboxylic acids is 4. The highest BCUT2D eigenvalue weighted by Crippen LogP contribution is 2.21. The van der Waals surface area contributed by atoms with Crippen molar-refractivity contribution in [2.45, 2.75) is 25.9 Å². The minimum absolute atomic E-state index is 0.229. The SMILES string of the molecule is COC(=O)NC(=O)[C@@H](C)OC(=O)C1CCN(C(=O)c2ccc(F)cc2)CC1. The van der Waals surface area contributed by atoms with Crippen molar-refractivity contribution in [2.75, 3.05) is 20.2 Å². The number of ether oxygens (including phenoxy) is 2. The van der Waals surface area contributed by atoms with Gasteiger partial charge < -0.3 is 14.4 Å². The molecule has 1 saturated heterocycles. The van der Waals surface area contributed by atoms with Crippen molar-refractivity contribution in [3.05, 3.63) is 35.6 Å². The lowest BCUT2D eigenvalue weighted by Crippen LogP contribution is -2.43. The van der Waals surface area contributed by atoms with Gasteiger partial charge in [-0.1, -0.05) is 0 Å². The van der Waals surface area contributed by atoms with Crippen LogP contribution in [-0.4, -0.2) is 55.1 Å². The van der Waals surface area contributed by atoms with Gasteiger partial charge in [0.15, 0.2) is 6.10 Å². The zero-order valence-electron chi connectivity index (χ0n) is 15.1. The van der Waals surface area contributed by atoms with Crippen LogP contribution in [0.5, 0.6) is 0 Å². The molecule has 1 aliphatic heterocycles. The second kappa shape index (κ2) is 9.11. The molecule has 1 aliphatic rings. The van der Waals surface area contributed by atoms with E-state index in [9.17, 15) is 23.6 Å². The van der Waals surface area contributed by atoms with Crippen LogP contribution in [0.25, 0.3) is 0 Å². The highest BCUT2D eigenvalue weighted by Gasteiger charge is 2.31. The molecule has 3 amide bonds. The Labute approximate surface area is 155 Å². The Bertz CT molecular complexity index is 713. The number of alkyl carbamates (subject to hydrolysis) is 1. The van der Waals surface area contributed by atoms with Crippen LogP contribution < -0.4 is 5.32 Å². The molecule has 1 fully saturated rings. The lowest BCUT2D eigenvalue weighted by Gasteiger charge is -2.31. The Morgan fingerprint density at radius 2 is 1.74 bits per heavy atom. The molecule has 2 rings (SSSR count). The van der Waals surface area contributed by atoms with E-state index in [0.717, 1.165) is 7.11 Å². The van der Waals surface area contributed by atoms with Crippen LogP contribution in [0.1, 0.15) is 30.1 Å². The summed E-state index contributed by atoms with van der Waals surface area (Å²) in [5.41, 5.74) is 0.380. The molecule has 0 unspecified atom stereocenters. The molecule has 1 heterocycles. The van der Waals surface area contributed by atoms with Crippen molar-refractivity contribution in [2.24, 2.45) is 5.92 Å². The van der Waals surface area contributed by atoms with E-state index in [1.54, 1.807) is 4.90 Å². The number of hydrogen-bond donors (Lipinski definition) is 1. The average molecular weight is 380 g/mol. The molecule has 0 bridgehead atoms. The van der Waals surface area contributed by atoms with E-state index in [1.165, 1.54) is 31.2 Å². The number of esters is 1. The first kappa shape index (κ1) is 20.3. The number of nitrogens with one attached hydrogen (secondary N) is 1. The molecular formula is C18H21FN2O6. The summed E-state index contributed by atoms with van der Waals surface area (Å²) in [5, 5.41) is 1.92. The molecule has 146 valence electrons. The van der Waals surface area contributed by atoms with Crippen LogP contribution in [0, 0.1) is 11.7 Å². The fourth-order valence-corrected chi connectivity index (χ4v) is 2.67.